The lowest BCUT2D eigenvalue weighted by Crippen LogP contribution is -2.40. The molecule has 96 valence electrons. The Kier molecular flexibility index (Phi) is 4.46. The van der Waals surface area contributed by atoms with Crippen molar-refractivity contribution in [3.8, 4) is 6.07 Å². The molecule has 0 aromatic heterocycles. The summed E-state index contributed by atoms with van der Waals surface area (Å²) in [5.41, 5.74) is 1.49. The van der Waals surface area contributed by atoms with Crippen LogP contribution in [0.3, 0.4) is 0 Å². The fourth-order valence-corrected chi connectivity index (χ4v) is 2.63. The molecule has 0 amide bonds. The van der Waals surface area contributed by atoms with Gasteiger partial charge in [-0.25, -0.2) is 0 Å². The van der Waals surface area contributed by atoms with Crippen LogP contribution in [0.25, 0.3) is 0 Å². The van der Waals surface area contributed by atoms with Crippen molar-refractivity contribution in [3.05, 3.63) is 28.8 Å². The Morgan fingerprint density at radius 3 is 3.11 bits per heavy atom. The number of hydrogen-bond donors (Lipinski definition) is 0. The third kappa shape index (κ3) is 2.77. The summed E-state index contributed by atoms with van der Waals surface area (Å²) in [7, 11) is 0. The summed E-state index contributed by atoms with van der Waals surface area (Å²) in [6.07, 6.45) is 2.43. The van der Waals surface area contributed by atoms with E-state index in [9.17, 15) is 5.26 Å². The zero-order valence-corrected chi connectivity index (χ0v) is 11.3. The molecule has 0 saturated carbocycles. The summed E-state index contributed by atoms with van der Waals surface area (Å²) < 4.78 is 5.68. The van der Waals surface area contributed by atoms with Gasteiger partial charge in [-0.3, -0.25) is 0 Å². The van der Waals surface area contributed by atoms with Gasteiger partial charge in [-0.1, -0.05) is 17.7 Å². The second-order valence-electron chi connectivity index (χ2n) is 4.41. The first kappa shape index (κ1) is 13.2. The largest absolute Gasteiger partial charge is 0.377 e. The maximum Gasteiger partial charge on any atom is 0.103 e. The van der Waals surface area contributed by atoms with Crippen LogP contribution in [0.15, 0.2) is 18.2 Å². The van der Waals surface area contributed by atoms with E-state index in [-0.39, 0.29) is 6.10 Å². The molecule has 1 aromatic carbocycles. The van der Waals surface area contributed by atoms with Gasteiger partial charge in [0.1, 0.15) is 6.07 Å². The first-order valence-corrected chi connectivity index (χ1v) is 6.69. The maximum atomic E-state index is 9.21. The molecule has 0 radical (unpaired) electrons. The topological polar surface area (TPSA) is 36.3 Å². The molecule has 4 heteroatoms. The standard InChI is InChI=1S/C14H17ClN2O/c1-2-18-11-5-4-8-17(10-11)14-7-3-6-13(15)12(14)9-16/h3,6-7,11H,2,4-5,8,10H2,1H3. The van der Waals surface area contributed by atoms with Crippen LogP contribution in [0.2, 0.25) is 5.02 Å². The first-order chi connectivity index (χ1) is 8.76. The van der Waals surface area contributed by atoms with Crippen LogP contribution in [0.5, 0.6) is 0 Å². The molecule has 18 heavy (non-hydrogen) atoms. The van der Waals surface area contributed by atoms with E-state index in [1.165, 1.54) is 0 Å². The second-order valence-corrected chi connectivity index (χ2v) is 4.82. The number of anilines is 1. The molecule has 1 fully saturated rings. The van der Waals surface area contributed by atoms with Crippen LogP contribution in [0, 0.1) is 11.3 Å². The zero-order chi connectivity index (χ0) is 13.0. The Morgan fingerprint density at radius 1 is 1.56 bits per heavy atom. The predicted octanol–water partition coefficient (Wildman–Crippen LogP) is 3.22. The Bertz CT molecular complexity index is 454. The lowest BCUT2D eigenvalue weighted by molar-refractivity contribution is 0.0526. The number of rotatable bonds is 3. The third-order valence-electron chi connectivity index (χ3n) is 3.22. The Labute approximate surface area is 113 Å². The summed E-state index contributed by atoms with van der Waals surface area (Å²) in [5.74, 6) is 0. The maximum absolute atomic E-state index is 9.21. The molecule has 0 aliphatic carbocycles. The second kappa shape index (κ2) is 6.08. The number of ether oxygens (including phenoxy) is 1. The van der Waals surface area contributed by atoms with E-state index in [1.54, 1.807) is 6.07 Å². The lowest BCUT2D eigenvalue weighted by Gasteiger charge is -2.34. The van der Waals surface area contributed by atoms with E-state index in [0.717, 1.165) is 38.2 Å². The van der Waals surface area contributed by atoms with Gasteiger partial charge in [-0.05, 0) is 31.9 Å². The molecular formula is C14H17ClN2O. The van der Waals surface area contributed by atoms with Crippen LogP contribution >= 0.6 is 11.6 Å². The molecule has 0 bridgehead atoms. The quantitative estimate of drug-likeness (QED) is 0.841. The van der Waals surface area contributed by atoms with E-state index in [1.807, 2.05) is 19.1 Å². The van der Waals surface area contributed by atoms with Crippen molar-refractivity contribution < 1.29 is 4.74 Å². The molecule has 0 N–H and O–H groups in total. The molecule has 1 saturated heterocycles. The molecule has 0 spiro atoms. The van der Waals surface area contributed by atoms with Crippen molar-refractivity contribution in [1.82, 2.24) is 0 Å². The van der Waals surface area contributed by atoms with Gasteiger partial charge in [0, 0.05) is 19.7 Å². The average molecular weight is 265 g/mol. The lowest BCUT2D eigenvalue weighted by atomic mass is 10.1. The summed E-state index contributed by atoms with van der Waals surface area (Å²) in [5, 5.41) is 9.73. The van der Waals surface area contributed by atoms with Crippen molar-refractivity contribution in [2.75, 3.05) is 24.6 Å². The minimum absolute atomic E-state index is 0.259. The van der Waals surface area contributed by atoms with Crippen molar-refractivity contribution >= 4 is 17.3 Å². The summed E-state index contributed by atoms with van der Waals surface area (Å²) in [4.78, 5) is 2.20. The summed E-state index contributed by atoms with van der Waals surface area (Å²) in [6, 6.07) is 7.80. The summed E-state index contributed by atoms with van der Waals surface area (Å²) in [6.45, 7) is 4.54. The molecule has 3 nitrogen and oxygen atoms in total. The van der Waals surface area contributed by atoms with Gasteiger partial charge in [0.25, 0.3) is 0 Å². The number of piperidine rings is 1. The molecule has 1 aliphatic heterocycles. The van der Waals surface area contributed by atoms with Crippen molar-refractivity contribution in [1.29, 1.82) is 5.26 Å². The zero-order valence-electron chi connectivity index (χ0n) is 10.5. The van der Waals surface area contributed by atoms with Crippen LogP contribution in [0.1, 0.15) is 25.3 Å². The number of hydrogen-bond acceptors (Lipinski definition) is 3. The number of halogens is 1. The molecule has 1 heterocycles. The highest BCUT2D eigenvalue weighted by atomic mass is 35.5. The van der Waals surface area contributed by atoms with Crippen LogP contribution in [-0.4, -0.2) is 25.8 Å². The first-order valence-electron chi connectivity index (χ1n) is 6.31. The van der Waals surface area contributed by atoms with Crippen molar-refractivity contribution in [2.24, 2.45) is 0 Å². The predicted molar refractivity (Wildman–Crippen MR) is 73.0 cm³/mol. The van der Waals surface area contributed by atoms with Crippen LogP contribution < -0.4 is 4.90 Å². The molecule has 1 unspecified atom stereocenters. The normalized spacial score (nSPS) is 19.6. The van der Waals surface area contributed by atoms with Gasteiger partial charge < -0.3 is 9.64 Å². The van der Waals surface area contributed by atoms with E-state index >= 15 is 0 Å². The minimum atomic E-state index is 0.259. The highest BCUT2D eigenvalue weighted by Gasteiger charge is 2.22. The van der Waals surface area contributed by atoms with E-state index in [0.29, 0.717) is 10.6 Å². The Morgan fingerprint density at radius 2 is 2.39 bits per heavy atom. The molecule has 1 aliphatic rings. The monoisotopic (exact) mass is 264 g/mol. The van der Waals surface area contributed by atoms with Gasteiger partial charge in [0.05, 0.1) is 22.4 Å². The molecule has 2 rings (SSSR count). The highest BCUT2D eigenvalue weighted by Crippen LogP contribution is 2.29. The van der Waals surface area contributed by atoms with E-state index < -0.39 is 0 Å². The van der Waals surface area contributed by atoms with Crippen LogP contribution in [-0.2, 0) is 4.74 Å². The fraction of sp³-hybridized carbons (Fsp3) is 0.500. The van der Waals surface area contributed by atoms with Crippen molar-refractivity contribution in [2.45, 2.75) is 25.9 Å². The van der Waals surface area contributed by atoms with Gasteiger partial charge in [-0.15, -0.1) is 0 Å². The number of nitriles is 1. The third-order valence-corrected chi connectivity index (χ3v) is 3.54. The molecular weight excluding hydrogens is 248 g/mol. The molecule has 1 atom stereocenters. The van der Waals surface area contributed by atoms with Crippen LogP contribution in [0.4, 0.5) is 5.69 Å². The smallest absolute Gasteiger partial charge is 0.103 e. The average Bonchev–Trinajstić information content (AvgIpc) is 2.39. The van der Waals surface area contributed by atoms with E-state index in [2.05, 4.69) is 11.0 Å². The van der Waals surface area contributed by atoms with Gasteiger partial charge in [0.2, 0.25) is 0 Å². The Balaban J connectivity index is 2.21. The number of benzene rings is 1. The van der Waals surface area contributed by atoms with Gasteiger partial charge in [-0.2, -0.15) is 5.26 Å². The van der Waals surface area contributed by atoms with E-state index in [4.69, 9.17) is 16.3 Å². The van der Waals surface area contributed by atoms with Gasteiger partial charge >= 0.3 is 0 Å². The van der Waals surface area contributed by atoms with Crippen molar-refractivity contribution in [3.63, 3.8) is 0 Å². The SMILES string of the molecule is CCOC1CCCN(c2cccc(Cl)c2C#N)C1. The molecule has 1 aromatic rings. The number of nitrogens with zero attached hydrogens (tertiary/aromatic N) is 2. The summed E-state index contributed by atoms with van der Waals surface area (Å²) >= 11 is 6.07. The Hall–Kier alpha value is -1.24. The van der Waals surface area contributed by atoms with Gasteiger partial charge in [0.15, 0.2) is 0 Å². The fourth-order valence-electron chi connectivity index (χ4n) is 2.42. The minimum Gasteiger partial charge on any atom is -0.377 e. The highest BCUT2D eigenvalue weighted by molar-refractivity contribution is 6.32.